The van der Waals surface area contributed by atoms with Crippen LogP contribution < -0.4 is 0 Å². The summed E-state index contributed by atoms with van der Waals surface area (Å²) < 4.78 is 1.07. The molecule has 0 aliphatic rings. The van der Waals surface area contributed by atoms with E-state index in [9.17, 15) is 10.2 Å². The Bertz CT molecular complexity index is 449. The number of aliphatic hydroxyl groups is 1. The zero-order chi connectivity index (χ0) is 15.7. The first-order valence-corrected chi connectivity index (χ1v) is 8.01. The first-order valence-electron chi connectivity index (χ1n) is 8.01. The number of aromatic nitrogens is 1. The van der Waals surface area contributed by atoms with Crippen LogP contribution in [-0.4, -0.2) is 19.9 Å². The van der Waals surface area contributed by atoms with E-state index in [2.05, 4.69) is 13.0 Å². The van der Waals surface area contributed by atoms with Gasteiger partial charge in [0, 0.05) is 11.6 Å². The second kappa shape index (κ2) is 9.50. The summed E-state index contributed by atoms with van der Waals surface area (Å²) in [5, 5.41) is 28.5. The van der Waals surface area contributed by atoms with Gasteiger partial charge in [-0.3, -0.25) is 4.57 Å². The zero-order valence-electron chi connectivity index (χ0n) is 13.3. The molecule has 0 unspecified atom stereocenters. The quantitative estimate of drug-likeness (QED) is 0.561. The van der Waals surface area contributed by atoms with Crippen molar-refractivity contribution in [2.45, 2.75) is 71.9 Å². The van der Waals surface area contributed by atoms with E-state index in [1.54, 1.807) is 0 Å². The fourth-order valence-electron chi connectivity index (χ4n) is 2.49. The standard InChI is InChI=1S/C17H29NO3/c1-3-4-5-6-7-8-9-10-11-14(2)15-12-16(20)18(13-19)17(15)21/h11-12,19-21H,3-10,13H2,1-2H3. The summed E-state index contributed by atoms with van der Waals surface area (Å²) in [7, 11) is 0. The van der Waals surface area contributed by atoms with Crippen LogP contribution >= 0.6 is 0 Å². The third-order valence-electron chi connectivity index (χ3n) is 3.87. The molecule has 0 aromatic carbocycles. The van der Waals surface area contributed by atoms with E-state index in [0.717, 1.165) is 23.0 Å². The minimum Gasteiger partial charge on any atom is -0.494 e. The third kappa shape index (κ3) is 5.46. The summed E-state index contributed by atoms with van der Waals surface area (Å²) in [6.45, 7) is 3.71. The highest BCUT2D eigenvalue weighted by Crippen LogP contribution is 2.32. The van der Waals surface area contributed by atoms with Crippen LogP contribution in [0.2, 0.25) is 0 Å². The molecule has 1 heterocycles. The van der Waals surface area contributed by atoms with Crippen molar-refractivity contribution < 1.29 is 15.3 Å². The van der Waals surface area contributed by atoms with Crippen LogP contribution in [0, 0.1) is 0 Å². The number of nitrogens with zero attached hydrogens (tertiary/aromatic N) is 1. The second-order valence-electron chi connectivity index (χ2n) is 5.61. The maximum atomic E-state index is 9.91. The van der Waals surface area contributed by atoms with E-state index in [1.807, 2.05) is 6.92 Å². The number of aromatic hydroxyl groups is 2. The van der Waals surface area contributed by atoms with E-state index in [1.165, 1.54) is 44.6 Å². The molecule has 1 aromatic rings. The van der Waals surface area contributed by atoms with E-state index in [-0.39, 0.29) is 11.8 Å². The van der Waals surface area contributed by atoms with Crippen molar-refractivity contribution in [1.82, 2.24) is 4.57 Å². The van der Waals surface area contributed by atoms with Gasteiger partial charge < -0.3 is 15.3 Å². The maximum Gasteiger partial charge on any atom is 0.203 e. The largest absolute Gasteiger partial charge is 0.494 e. The molecule has 120 valence electrons. The summed E-state index contributed by atoms with van der Waals surface area (Å²) in [5.74, 6) is -0.197. The zero-order valence-corrected chi connectivity index (χ0v) is 13.3. The average molecular weight is 295 g/mol. The molecule has 0 saturated carbocycles. The molecule has 0 aliphatic carbocycles. The lowest BCUT2D eigenvalue weighted by molar-refractivity contribution is 0.183. The molecule has 0 aliphatic heterocycles. The fourth-order valence-corrected chi connectivity index (χ4v) is 2.49. The molecular formula is C17H29NO3. The number of hydrogen-bond donors (Lipinski definition) is 3. The van der Waals surface area contributed by atoms with Crippen molar-refractivity contribution in [2.75, 3.05) is 0 Å². The van der Waals surface area contributed by atoms with E-state index in [4.69, 9.17) is 5.11 Å². The Kier molecular flexibility index (Phi) is 7.98. The Hall–Kier alpha value is -1.42. The van der Waals surface area contributed by atoms with Gasteiger partial charge in [0.1, 0.15) is 6.73 Å². The lowest BCUT2D eigenvalue weighted by atomic mass is 10.1. The second-order valence-corrected chi connectivity index (χ2v) is 5.61. The molecule has 0 atom stereocenters. The Morgan fingerprint density at radius 3 is 2.29 bits per heavy atom. The van der Waals surface area contributed by atoms with Crippen LogP contribution in [0.25, 0.3) is 5.57 Å². The predicted molar refractivity (Wildman–Crippen MR) is 86.2 cm³/mol. The summed E-state index contributed by atoms with van der Waals surface area (Å²) in [4.78, 5) is 0. The Labute approximate surface area is 127 Å². The molecule has 4 nitrogen and oxygen atoms in total. The number of aliphatic hydroxyl groups excluding tert-OH is 1. The van der Waals surface area contributed by atoms with Crippen LogP contribution in [0.4, 0.5) is 0 Å². The van der Waals surface area contributed by atoms with Gasteiger partial charge in [0.15, 0.2) is 5.88 Å². The number of rotatable bonds is 10. The van der Waals surface area contributed by atoms with Gasteiger partial charge in [-0.2, -0.15) is 0 Å². The molecule has 1 aromatic heterocycles. The molecule has 0 saturated heterocycles. The van der Waals surface area contributed by atoms with Gasteiger partial charge in [-0.25, -0.2) is 0 Å². The fraction of sp³-hybridized carbons (Fsp3) is 0.647. The molecule has 3 N–H and O–H groups in total. The average Bonchev–Trinajstić information content (AvgIpc) is 2.76. The van der Waals surface area contributed by atoms with Crippen molar-refractivity contribution in [3.05, 3.63) is 17.7 Å². The summed E-state index contributed by atoms with van der Waals surface area (Å²) in [6.07, 6.45) is 12.0. The van der Waals surface area contributed by atoms with Gasteiger partial charge >= 0.3 is 0 Å². The topological polar surface area (TPSA) is 65.6 Å². The number of hydrogen-bond acceptors (Lipinski definition) is 3. The highest BCUT2D eigenvalue weighted by Gasteiger charge is 2.13. The van der Waals surface area contributed by atoms with Crippen molar-refractivity contribution >= 4 is 5.57 Å². The minimum absolute atomic E-state index is 0.0803. The highest BCUT2D eigenvalue weighted by molar-refractivity contribution is 5.69. The summed E-state index contributed by atoms with van der Waals surface area (Å²) in [6, 6.07) is 1.49. The summed E-state index contributed by atoms with van der Waals surface area (Å²) >= 11 is 0. The van der Waals surface area contributed by atoms with Crippen LogP contribution in [0.1, 0.15) is 70.8 Å². The molecule has 0 amide bonds. The van der Waals surface area contributed by atoms with Gasteiger partial charge in [0.05, 0.1) is 0 Å². The predicted octanol–water partition coefficient (Wildman–Crippen LogP) is 4.39. The molecule has 4 heteroatoms. The minimum atomic E-state index is -0.428. The number of unbranched alkanes of at least 4 members (excludes halogenated alkanes) is 7. The molecule has 21 heavy (non-hydrogen) atoms. The normalized spacial score (nSPS) is 12.0. The Morgan fingerprint density at radius 1 is 1.10 bits per heavy atom. The molecule has 0 fully saturated rings. The van der Waals surface area contributed by atoms with Crippen molar-refractivity contribution in [1.29, 1.82) is 0 Å². The molecular weight excluding hydrogens is 266 g/mol. The van der Waals surface area contributed by atoms with Crippen LogP contribution in [0.5, 0.6) is 11.8 Å². The van der Waals surface area contributed by atoms with E-state index >= 15 is 0 Å². The monoisotopic (exact) mass is 295 g/mol. The van der Waals surface area contributed by atoms with Crippen LogP contribution in [0.3, 0.4) is 0 Å². The first-order chi connectivity index (χ1) is 10.1. The maximum absolute atomic E-state index is 9.91. The molecule has 0 radical (unpaired) electrons. The van der Waals surface area contributed by atoms with Crippen molar-refractivity contribution in [2.24, 2.45) is 0 Å². The molecule has 0 spiro atoms. The lowest BCUT2D eigenvalue weighted by Crippen LogP contribution is -1.94. The molecule has 0 bridgehead atoms. The number of allylic oxidation sites excluding steroid dienone is 2. The van der Waals surface area contributed by atoms with Gasteiger partial charge in [0.2, 0.25) is 5.88 Å². The smallest absolute Gasteiger partial charge is 0.203 e. The Balaban J connectivity index is 2.36. The van der Waals surface area contributed by atoms with Gasteiger partial charge in [-0.05, 0) is 25.3 Å². The Morgan fingerprint density at radius 2 is 1.71 bits per heavy atom. The van der Waals surface area contributed by atoms with Crippen LogP contribution in [-0.2, 0) is 6.73 Å². The highest BCUT2D eigenvalue weighted by atomic mass is 16.3. The van der Waals surface area contributed by atoms with E-state index < -0.39 is 6.73 Å². The van der Waals surface area contributed by atoms with Crippen molar-refractivity contribution in [3.8, 4) is 11.8 Å². The first kappa shape index (κ1) is 17.6. The van der Waals surface area contributed by atoms with Gasteiger partial charge in [0.25, 0.3) is 0 Å². The van der Waals surface area contributed by atoms with Gasteiger partial charge in [-0.15, -0.1) is 0 Å². The lowest BCUT2D eigenvalue weighted by Gasteiger charge is -2.03. The molecule has 1 rings (SSSR count). The summed E-state index contributed by atoms with van der Waals surface area (Å²) in [5.41, 5.74) is 1.52. The van der Waals surface area contributed by atoms with Crippen molar-refractivity contribution in [3.63, 3.8) is 0 Å². The van der Waals surface area contributed by atoms with Crippen LogP contribution in [0.15, 0.2) is 12.1 Å². The SMILES string of the molecule is CCCCCCCCCC=C(C)c1cc(O)n(CO)c1O. The van der Waals surface area contributed by atoms with E-state index in [0.29, 0.717) is 5.56 Å². The third-order valence-corrected chi connectivity index (χ3v) is 3.87. The van der Waals surface area contributed by atoms with Gasteiger partial charge in [-0.1, -0.05) is 51.5 Å².